The number of anilines is 1. The quantitative estimate of drug-likeness (QED) is 0.938. The number of pyridine rings is 1. The molecule has 1 aliphatic heterocycles. The molecule has 1 aliphatic rings. The summed E-state index contributed by atoms with van der Waals surface area (Å²) in [7, 11) is 0. The number of carbonyl (C=O) groups is 1. The largest absolute Gasteiger partial charge is 0.481 e. The minimum absolute atomic E-state index is 0.246. The van der Waals surface area contributed by atoms with Crippen LogP contribution < -0.4 is 4.90 Å². The number of aliphatic carboxylic acids is 1. The number of nitrogens with zero attached hydrogens (tertiary/aromatic N) is 4. The fraction of sp³-hybridized carbons (Fsp3) is 0.412. The van der Waals surface area contributed by atoms with Crippen LogP contribution in [-0.4, -0.2) is 39.1 Å². The number of piperidine rings is 1. The molecule has 120 valence electrons. The van der Waals surface area contributed by atoms with E-state index in [4.69, 9.17) is 10.1 Å². The summed E-state index contributed by atoms with van der Waals surface area (Å²) >= 11 is 0. The first-order valence-corrected chi connectivity index (χ1v) is 7.80. The number of carboxylic acid groups (broad SMARTS) is 1. The van der Waals surface area contributed by atoms with Crippen molar-refractivity contribution in [3.05, 3.63) is 35.7 Å². The van der Waals surface area contributed by atoms with Gasteiger partial charge in [-0.15, -0.1) is 0 Å². The predicted octanol–water partition coefficient (Wildman–Crippen LogP) is 2.46. The van der Waals surface area contributed by atoms with Crippen LogP contribution in [0.25, 0.3) is 11.5 Å². The van der Waals surface area contributed by atoms with Crippen LogP contribution in [0.2, 0.25) is 0 Å². The summed E-state index contributed by atoms with van der Waals surface area (Å²) in [6, 6.07) is 5.67. The molecular weight excluding hydrogens is 292 g/mol. The second kappa shape index (κ2) is 6.32. The Kier molecular flexibility index (Phi) is 4.23. The zero-order chi connectivity index (χ0) is 16.4. The lowest BCUT2D eigenvalue weighted by molar-refractivity contribution is -0.142. The first kappa shape index (κ1) is 15.4. The van der Waals surface area contributed by atoms with Crippen molar-refractivity contribution in [1.29, 1.82) is 0 Å². The Morgan fingerprint density at radius 1 is 1.22 bits per heavy atom. The molecule has 0 spiro atoms. The van der Waals surface area contributed by atoms with Gasteiger partial charge < -0.3 is 10.0 Å². The smallest absolute Gasteiger partial charge is 0.306 e. The molecule has 3 heterocycles. The molecule has 0 unspecified atom stereocenters. The topological polar surface area (TPSA) is 79.2 Å². The van der Waals surface area contributed by atoms with Gasteiger partial charge in [0.2, 0.25) is 0 Å². The maximum absolute atomic E-state index is 11.1. The van der Waals surface area contributed by atoms with Gasteiger partial charge in [0, 0.05) is 30.5 Å². The van der Waals surface area contributed by atoms with Crippen molar-refractivity contribution in [2.24, 2.45) is 5.92 Å². The Morgan fingerprint density at radius 3 is 2.57 bits per heavy atom. The van der Waals surface area contributed by atoms with Gasteiger partial charge in [0.05, 0.1) is 5.92 Å². The summed E-state index contributed by atoms with van der Waals surface area (Å²) in [6.45, 7) is 5.39. The molecule has 0 aromatic carbocycles. The van der Waals surface area contributed by atoms with Crippen LogP contribution in [0.1, 0.15) is 24.1 Å². The van der Waals surface area contributed by atoms with E-state index in [0.29, 0.717) is 31.8 Å². The van der Waals surface area contributed by atoms with Crippen molar-refractivity contribution in [1.82, 2.24) is 15.0 Å². The van der Waals surface area contributed by atoms with Crippen LogP contribution in [0.5, 0.6) is 0 Å². The highest BCUT2D eigenvalue weighted by molar-refractivity contribution is 5.70. The fourth-order valence-electron chi connectivity index (χ4n) is 2.87. The molecule has 6 heteroatoms. The highest BCUT2D eigenvalue weighted by Crippen LogP contribution is 2.27. The van der Waals surface area contributed by atoms with Crippen LogP contribution in [0, 0.1) is 19.8 Å². The number of aryl methyl sites for hydroxylation is 1. The van der Waals surface area contributed by atoms with Gasteiger partial charge in [-0.05, 0) is 38.8 Å². The van der Waals surface area contributed by atoms with E-state index in [9.17, 15) is 4.79 Å². The van der Waals surface area contributed by atoms with Gasteiger partial charge >= 0.3 is 5.97 Å². The van der Waals surface area contributed by atoms with E-state index in [1.165, 1.54) is 0 Å². The molecule has 0 radical (unpaired) electrons. The van der Waals surface area contributed by atoms with E-state index in [1.807, 2.05) is 32.0 Å². The summed E-state index contributed by atoms with van der Waals surface area (Å²) in [4.78, 5) is 26.8. The molecule has 1 fully saturated rings. The fourth-order valence-corrected chi connectivity index (χ4v) is 2.87. The zero-order valence-electron chi connectivity index (χ0n) is 13.4. The SMILES string of the molecule is Cc1nc(-c2ccccn2)nc(N2CCC(C(=O)O)CC2)c1C. The third-order valence-electron chi connectivity index (χ3n) is 4.40. The van der Waals surface area contributed by atoms with E-state index < -0.39 is 5.97 Å². The highest BCUT2D eigenvalue weighted by atomic mass is 16.4. The molecule has 0 saturated carbocycles. The van der Waals surface area contributed by atoms with Gasteiger partial charge in [-0.25, -0.2) is 9.97 Å². The monoisotopic (exact) mass is 312 g/mol. The lowest BCUT2D eigenvalue weighted by atomic mass is 9.97. The van der Waals surface area contributed by atoms with Crippen molar-refractivity contribution in [3.8, 4) is 11.5 Å². The first-order valence-electron chi connectivity index (χ1n) is 7.80. The third-order valence-corrected chi connectivity index (χ3v) is 4.40. The van der Waals surface area contributed by atoms with Crippen molar-refractivity contribution in [2.45, 2.75) is 26.7 Å². The predicted molar refractivity (Wildman–Crippen MR) is 87.3 cm³/mol. The molecule has 0 atom stereocenters. The number of hydrogen-bond donors (Lipinski definition) is 1. The first-order chi connectivity index (χ1) is 11.1. The van der Waals surface area contributed by atoms with Gasteiger partial charge in [0.25, 0.3) is 0 Å². The second-order valence-electron chi connectivity index (χ2n) is 5.90. The molecule has 23 heavy (non-hydrogen) atoms. The van der Waals surface area contributed by atoms with Crippen molar-refractivity contribution in [2.75, 3.05) is 18.0 Å². The van der Waals surface area contributed by atoms with Crippen LogP contribution in [0.3, 0.4) is 0 Å². The molecule has 6 nitrogen and oxygen atoms in total. The average molecular weight is 312 g/mol. The van der Waals surface area contributed by atoms with E-state index >= 15 is 0 Å². The maximum atomic E-state index is 11.1. The van der Waals surface area contributed by atoms with Gasteiger partial charge in [0.15, 0.2) is 5.82 Å². The minimum Gasteiger partial charge on any atom is -0.481 e. The molecule has 1 saturated heterocycles. The molecule has 0 aliphatic carbocycles. The van der Waals surface area contributed by atoms with Gasteiger partial charge in [-0.3, -0.25) is 9.78 Å². The van der Waals surface area contributed by atoms with Crippen molar-refractivity contribution < 1.29 is 9.90 Å². The van der Waals surface area contributed by atoms with Gasteiger partial charge in [0.1, 0.15) is 11.5 Å². The normalized spacial score (nSPS) is 15.7. The summed E-state index contributed by atoms with van der Waals surface area (Å²) in [5.41, 5.74) is 2.71. The molecular formula is C17H20N4O2. The number of rotatable bonds is 3. The Balaban J connectivity index is 1.91. The van der Waals surface area contributed by atoms with E-state index in [0.717, 1.165) is 22.8 Å². The highest BCUT2D eigenvalue weighted by Gasteiger charge is 2.26. The lowest BCUT2D eigenvalue weighted by Gasteiger charge is -2.32. The van der Waals surface area contributed by atoms with Gasteiger partial charge in [-0.1, -0.05) is 6.07 Å². The Morgan fingerprint density at radius 2 is 1.96 bits per heavy atom. The van der Waals surface area contributed by atoms with Crippen LogP contribution in [0.15, 0.2) is 24.4 Å². The Bertz CT molecular complexity index is 710. The van der Waals surface area contributed by atoms with Crippen molar-refractivity contribution >= 4 is 11.8 Å². The van der Waals surface area contributed by atoms with E-state index in [-0.39, 0.29) is 5.92 Å². The third kappa shape index (κ3) is 3.16. The summed E-state index contributed by atoms with van der Waals surface area (Å²) in [5, 5.41) is 9.13. The average Bonchev–Trinajstić information content (AvgIpc) is 2.58. The molecule has 3 rings (SSSR count). The Labute approximate surface area is 135 Å². The lowest BCUT2D eigenvalue weighted by Crippen LogP contribution is -2.37. The standard InChI is InChI=1S/C17H20N4O2/c1-11-12(2)19-15(14-5-3-4-8-18-14)20-16(11)21-9-6-13(7-10-21)17(22)23/h3-5,8,13H,6-7,9-10H2,1-2H3,(H,22,23). The molecule has 2 aromatic heterocycles. The van der Waals surface area contributed by atoms with Crippen molar-refractivity contribution in [3.63, 3.8) is 0 Å². The molecule has 1 N–H and O–H groups in total. The summed E-state index contributed by atoms with van der Waals surface area (Å²) in [5.74, 6) is 0.560. The van der Waals surface area contributed by atoms with Gasteiger partial charge in [-0.2, -0.15) is 0 Å². The van der Waals surface area contributed by atoms with Crippen LogP contribution in [-0.2, 0) is 4.79 Å². The number of carboxylic acids is 1. The number of aromatic nitrogens is 3. The zero-order valence-corrected chi connectivity index (χ0v) is 13.4. The van der Waals surface area contributed by atoms with Crippen LogP contribution in [0.4, 0.5) is 5.82 Å². The molecule has 0 bridgehead atoms. The minimum atomic E-state index is -0.700. The van der Waals surface area contributed by atoms with Crippen LogP contribution >= 0.6 is 0 Å². The molecule has 2 aromatic rings. The molecule has 0 amide bonds. The van der Waals surface area contributed by atoms with E-state index in [1.54, 1.807) is 6.20 Å². The van der Waals surface area contributed by atoms with E-state index in [2.05, 4.69) is 14.9 Å². The summed E-state index contributed by atoms with van der Waals surface area (Å²) in [6.07, 6.45) is 3.03. The second-order valence-corrected chi connectivity index (χ2v) is 5.90. The summed E-state index contributed by atoms with van der Waals surface area (Å²) < 4.78 is 0. The maximum Gasteiger partial charge on any atom is 0.306 e. The Hall–Kier alpha value is -2.50. The number of hydrogen-bond acceptors (Lipinski definition) is 5.